The summed E-state index contributed by atoms with van der Waals surface area (Å²) in [7, 11) is 2.03. The Labute approximate surface area is 116 Å². The Morgan fingerprint density at radius 2 is 2.10 bits per heavy atom. The molecule has 0 atom stereocenters. The van der Waals surface area contributed by atoms with E-state index in [-0.39, 0.29) is 23.0 Å². The van der Waals surface area contributed by atoms with Crippen molar-refractivity contribution in [3.63, 3.8) is 0 Å². The fourth-order valence-corrected chi connectivity index (χ4v) is 2.32. The molecule has 7 heteroatoms. The van der Waals surface area contributed by atoms with Gasteiger partial charge < -0.3 is 15.3 Å². The van der Waals surface area contributed by atoms with E-state index in [4.69, 9.17) is 5.11 Å². The third-order valence-electron chi connectivity index (χ3n) is 3.52. The molecule has 1 aromatic rings. The first kappa shape index (κ1) is 14.3. The molecule has 0 aromatic heterocycles. The number of aromatic carboxylic acids is 1. The van der Waals surface area contributed by atoms with E-state index >= 15 is 0 Å². The van der Waals surface area contributed by atoms with Crippen molar-refractivity contribution >= 4 is 17.3 Å². The topological polar surface area (TPSA) is 95.7 Å². The average molecular weight is 279 g/mol. The standard InChI is InChI=1S/C13H17N3O4/c1-15-6-4-10(5-7-15)14-11-8-9(13(17)18)2-3-12(11)16(19)20/h2-3,8,10,14H,4-7H2,1H3,(H,17,18). The number of carboxylic acid groups (broad SMARTS) is 1. The molecule has 0 bridgehead atoms. The van der Waals surface area contributed by atoms with Gasteiger partial charge in [0.05, 0.1) is 10.5 Å². The highest BCUT2D eigenvalue weighted by atomic mass is 16.6. The van der Waals surface area contributed by atoms with Gasteiger partial charge in [0.1, 0.15) is 5.69 Å². The monoisotopic (exact) mass is 279 g/mol. The molecule has 1 heterocycles. The second kappa shape index (κ2) is 5.87. The zero-order valence-corrected chi connectivity index (χ0v) is 11.2. The molecular formula is C13H17N3O4. The van der Waals surface area contributed by atoms with Gasteiger partial charge in [0.15, 0.2) is 0 Å². The molecule has 2 rings (SSSR count). The highest BCUT2D eigenvalue weighted by Crippen LogP contribution is 2.27. The van der Waals surface area contributed by atoms with Gasteiger partial charge in [-0.2, -0.15) is 0 Å². The van der Waals surface area contributed by atoms with Crippen molar-refractivity contribution in [1.82, 2.24) is 4.90 Å². The fourth-order valence-electron chi connectivity index (χ4n) is 2.32. The molecule has 0 aliphatic carbocycles. The molecule has 0 amide bonds. The molecule has 1 aliphatic heterocycles. The zero-order valence-electron chi connectivity index (χ0n) is 11.2. The van der Waals surface area contributed by atoms with Crippen LogP contribution >= 0.6 is 0 Å². The molecule has 20 heavy (non-hydrogen) atoms. The number of nitrogens with one attached hydrogen (secondary N) is 1. The lowest BCUT2D eigenvalue weighted by Crippen LogP contribution is -2.36. The maximum absolute atomic E-state index is 11.0. The van der Waals surface area contributed by atoms with E-state index in [1.165, 1.54) is 18.2 Å². The Morgan fingerprint density at radius 3 is 2.65 bits per heavy atom. The van der Waals surface area contributed by atoms with Gasteiger partial charge in [-0.15, -0.1) is 0 Å². The number of nitro groups is 1. The van der Waals surface area contributed by atoms with Crippen LogP contribution in [-0.4, -0.2) is 47.1 Å². The van der Waals surface area contributed by atoms with Crippen molar-refractivity contribution in [2.75, 3.05) is 25.5 Å². The Bertz CT molecular complexity index is 524. The fraction of sp³-hybridized carbons (Fsp3) is 0.462. The van der Waals surface area contributed by atoms with Crippen LogP contribution in [0.4, 0.5) is 11.4 Å². The summed E-state index contributed by atoms with van der Waals surface area (Å²) in [6.07, 6.45) is 1.76. The van der Waals surface area contributed by atoms with Crippen molar-refractivity contribution in [3.05, 3.63) is 33.9 Å². The Balaban J connectivity index is 2.21. The molecule has 0 spiro atoms. The molecule has 0 saturated carbocycles. The number of hydrogen-bond acceptors (Lipinski definition) is 5. The van der Waals surface area contributed by atoms with E-state index in [0.29, 0.717) is 0 Å². The number of hydrogen-bond donors (Lipinski definition) is 2. The van der Waals surface area contributed by atoms with E-state index in [2.05, 4.69) is 10.2 Å². The second-order valence-corrected chi connectivity index (χ2v) is 5.02. The highest BCUT2D eigenvalue weighted by molar-refractivity contribution is 5.90. The normalized spacial score (nSPS) is 16.9. The molecule has 0 radical (unpaired) electrons. The first-order valence-electron chi connectivity index (χ1n) is 6.44. The number of benzene rings is 1. The second-order valence-electron chi connectivity index (χ2n) is 5.02. The zero-order chi connectivity index (χ0) is 14.7. The van der Waals surface area contributed by atoms with Crippen molar-refractivity contribution in [2.24, 2.45) is 0 Å². The summed E-state index contributed by atoms with van der Waals surface area (Å²) in [5, 5.41) is 23.1. The summed E-state index contributed by atoms with van der Waals surface area (Å²) >= 11 is 0. The number of piperidine rings is 1. The predicted molar refractivity (Wildman–Crippen MR) is 74.2 cm³/mol. The molecule has 1 fully saturated rings. The minimum atomic E-state index is -1.09. The Kier molecular flexibility index (Phi) is 4.19. The summed E-state index contributed by atoms with van der Waals surface area (Å²) in [4.78, 5) is 23.7. The van der Waals surface area contributed by atoms with Crippen LogP contribution in [0.2, 0.25) is 0 Å². The molecule has 1 saturated heterocycles. The molecular weight excluding hydrogens is 262 g/mol. The van der Waals surface area contributed by atoms with Crippen molar-refractivity contribution < 1.29 is 14.8 Å². The maximum Gasteiger partial charge on any atom is 0.335 e. The van der Waals surface area contributed by atoms with E-state index < -0.39 is 10.9 Å². The third-order valence-corrected chi connectivity index (χ3v) is 3.52. The van der Waals surface area contributed by atoms with Gasteiger partial charge in [-0.1, -0.05) is 0 Å². The van der Waals surface area contributed by atoms with Crippen molar-refractivity contribution in [2.45, 2.75) is 18.9 Å². The van der Waals surface area contributed by atoms with Gasteiger partial charge in [-0.3, -0.25) is 10.1 Å². The molecule has 1 aromatic carbocycles. The van der Waals surface area contributed by atoms with E-state index in [0.717, 1.165) is 25.9 Å². The van der Waals surface area contributed by atoms with Gasteiger partial charge in [0.25, 0.3) is 5.69 Å². The van der Waals surface area contributed by atoms with E-state index in [1.807, 2.05) is 7.05 Å². The first-order chi connectivity index (χ1) is 9.47. The minimum absolute atomic E-state index is 0.0472. The lowest BCUT2D eigenvalue weighted by atomic mass is 10.0. The van der Waals surface area contributed by atoms with Gasteiger partial charge in [0.2, 0.25) is 0 Å². The number of carbonyl (C=O) groups is 1. The van der Waals surface area contributed by atoms with Crippen molar-refractivity contribution in [1.29, 1.82) is 0 Å². The van der Waals surface area contributed by atoms with Crippen LogP contribution in [0, 0.1) is 10.1 Å². The SMILES string of the molecule is CN1CCC(Nc2cc(C(=O)O)ccc2[N+](=O)[O-])CC1. The molecule has 2 N–H and O–H groups in total. The maximum atomic E-state index is 11.0. The Morgan fingerprint density at radius 1 is 1.45 bits per heavy atom. The largest absolute Gasteiger partial charge is 0.478 e. The lowest BCUT2D eigenvalue weighted by molar-refractivity contribution is -0.384. The number of rotatable bonds is 4. The molecule has 0 unspecified atom stereocenters. The van der Waals surface area contributed by atoms with Crippen LogP contribution in [0.5, 0.6) is 0 Å². The molecule has 7 nitrogen and oxygen atoms in total. The van der Waals surface area contributed by atoms with Crippen LogP contribution in [0.25, 0.3) is 0 Å². The summed E-state index contributed by atoms with van der Waals surface area (Å²) in [6, 6.07) is 3.95. The van der Waals surface area contributed by atoms with Gasteiger partial charge in [-0.25, -0.2) is 4.79 Å². The van der Waals surface area contributed by atoms with E-state index in [9.17, 15) is 14.9 Å². The first-order valence-corrected chi connectivity index (χ1v) is 6.44. The molecule has 1 aliphatic rings. The highest BCUT2D eigenvalue weighted by Gasteiger charge is 2.21. The van der Waals surface area contributed by atoms with Gasteiger partial charge in [-0.05, 0) is 45.1 Å². The smallest absolute Gasteiger partial charge is 0.335 e. The number of anilines is 1. The average Bonchev–Trinajstić information content (AvgIpc) is 2.41. The summed E-state index contributed by atoms with van der Waals surface area (Å²) in [5.74, 6) is -1.09. The molecule has 108 valence electrons. The summed E-state index contributed by atoms with van der Waals surface area (Å²) < 4.78 is 0. The van der Waals surface area contributed by atoms with Crippen LogP contribution in [0.3, 0.4) is 0 Å². The van der Waals surface area contributed by atoms with E-state index in [1.54, 1.807) is 0 Å². The van der Waals surface area contributed by atoms with Crippen molar-refractivity contribution in [3.8, 4) is 0 Å². The number of carboxylic acids is 1. The van der Waals surface area contributed by atoms with Gasteiger partial charge >= 0.3 is 5.97 Å². The number of nitro benzene ring substituents is 1. The lowest BCUT2D eigenvalue weighted by Gasteiger charge is -2.30. The Hall–Kier alpha value is -2.15. The number of nitrogens with zero attached hydrogens (tertiary/aromatic N) is 2. The van der Waals surface area contributed by atoms with Crippen LogP contribution in [-0.2, 0) is 0 Å². The predicted octanol–water partition coefficient (Wildman–Crippen LogP) is 1.80. The summed E-state index contributed by atoms with van der Waals surface area (Å²) in [6.45, 7) is 1.84. The number of likely N-dealkylation sites (tertiary alicyclic amines) is 1. The third kappa shape index (κ3) is 3.24. The van der Waals surface area contributed by atoms with Gasteiger partial charge in [0, 0.05) is 12.1 Å². The van der Waals surface area contributed by atoms with Crippen LogP contribution in [0.15, 0.2) is 18.2 Å². The van der Waals surface area contributed by atoms with Crippen LogP contribution < -0.4 is 5.32 Å². The van der Waals surface area contributed by atoms with Crippen LogP contribution in [0.1, 0.15) is 23.2 Å². The quantitative estimate of drug-likeness (QED) is 0.644. The summed E-state index contributed by atoms with van der Waals surface area (Å²) in [5.41, 5.74) is 0.240. The minimum Gasteiger partial charge on any atom is -0.478 e.